The van der Waals surface area contributed by atoms with Gasteiger partial charge in [-0.25, -0.2) is 4.99 Å². The van der Waals surface area contributed by atoms with Gasteiger partial charge < -0.3 is 14.2 Å². The zero-order chi connectivity index (χ0) is 30.3. The fraction of sp³-hybridized carbons (Fsp3) is 0.303. The molecule has 0 unspecified atom stereocenters. The Bertz CT molecular complexity index is 1910. The number of likely N-dealkylation sites (N-methyl/N-ethyl adjacent to an activating group) is 1. The SMILES string of the molecule is CCN(CC)C(=O)C1=C(C)N=c2s/c(=C/c3cc(C)n(-c4ccc(C)c(I)c4)c3C)c(=O)n2[C@H]1c1ccccc1OC. The predicted octanol–water partition coefficient (Wildman–Crippen LogP) is 5.43. The Morgan fingerprint density at radius 3 is 2.48 bits per heavy atom. The van der Waals surface area contributed by atoms with Gasteiger partial charge >= 0.3 is 0 Å². The third kappa shape index (κ3) is 5.17. The number of aromatic nitrogens is 2. The lowest BCUT2D eigenvalue weighted by molar-refractivity contribution is -0.127. The second-order valence-corrected chi connectivity index (χ2v) is 12.6. The fourth-order valence-corrected chi connectivity index (χ4v) is 7.19. The van der Waals surface area contributed by atoms with Gasteiger partial charge in [0.15, 0.2) is 4.80 Å². The van der Waals surface area contributed by atoms with Crippen LogP contribution in [0.2, 0.25) is 0 Å². The van der Waals surface area contributed by atoms with Crippen LogP contribution in [0.4, 0.5) is 0 Å². The number of aryl methyl sites for hydroxylation is 2. The summed E-state index contributed by atoms with van der Waals surface area (Å²) >= 11 is 3.71. The molecule has 0 saturated heterocycles. The van der Waals surface area contributed by atoms with Gasteiger partial charge in [0, 0.05) is 39.3 Å². The first-order valence-electron chi connectivity index (χ1n) is 14.0. The van der Waals surface area contributed by atoms with Crippen molar-refractivity contribution in [2.45, 2.75) is 47.6 Å². The Hall–Kier alpha value is -3.44. The number of carbonyl (C=O) groups is 1. The number of hydrogen-bond donors (Lipinski definition) is 0. The van der Waals surface area contributed by atoms with Gasteiger partial charge in [-0.05, 0) is 106 Å². The summed E-state index contributed by atoms with van der Waals surface area (Å²) in [5, 5.41) is 0. The molecule has 3 heterocycles. The van der Waals surface area contributed by atoms with E-state index in [0.717, 1.165) is 28.2 Å². The normalized spacial score (nSPS) is 15.0. The van der Waals surface area contributed by atoms with Crippen LogP contribution < -0.4 is 19.6 Å². The Morgan fingerprint density at radius 1 is 1.10 bits per heavy atom. The monoisotopic (exact) mass is 694 g/mol. The third-order valence-electron chi connectivity index (χ3n) is 7.91. The summed E-state index contributed by atoms with van der Waals surface area (Å²) in [5.74, 6) is 0.496. The zero-order valence-electron chi connectivity index (χ0n) is 25.0. The van der Waals surface area contributed by atoms with Crippen molar-refractivity contribution in [1.29, 1.82) is 0 Å². The van der Waals surface area contributed by atoms with E-state index < -0.39 is 6.04 Å². The standard InChI is InChI=1S/C33H35IN4O3S/c1-8-36(9-2)32(40)29-21(5)35-33-38(30(29)25-12-10-11-13-27(25)41-7)31(39)28(42-33)17-23-16-20(4)37(22(23)6)24-15-14-19(3)26(34)18-24/h10-18,30H,8-9H2,1-7H3/b28-17+/t30-/m0/s1. The molecule has 5 rings (SSSR count). The Kier molecular flexibility index (Phi) is 8.61. The van der Waals surface area contributed by atoms with Crippen LogP contribution in [0.1, 0.15) is 54.9 Å². The van der Waals surface area contributed by atoms with E-state index in [4.69, 9.17) is 9.73 Å². The van der Waals surface area contributed by atoms with E-state index in [0.29, 0.717) is 39.4 Å². The minimum absolute atomic E-state index is 0.122. The minimum Gasteiger partial charge on any atom is -0.496 e. The summed E-state index contributed by atoms with van der Waals surface area (Å²) in [5.41, 5.74) is 7.11. The average molecular weight is 695 g/mol. The number of halogens is 1. The summed E-state index contributed by atoms with van der Waals surface area (Å²) in [4.78, 5) is 35.3. The topological polar surface area (TPSA) is 68.8 Å². The van der Waals surface area contributed by atoms with Crippen molar-refractivity contribution in [2.24, 2.45) is 4.99 Å². The lowest BCUT2D eigenvalue weighted by Gasteiger charge is -2.29. The molecular weight excluding hydrogens is 659 g/mol. The summed E-state index contributed by atoms with van der Waals surface area (Å²) < 4.78 is 11.4. The van der Waals surface area contributed by atoms with Crippen LogP contribution in [-0.4, -0.2) is 40.1 Å². The van der Waals surface area contributed by atoms with Gasteiger partial charge in [-0.15, -0.1) is 0 Å². The number of amides is 1. The Morgan fingerprint density at radius 2 is 1.81 bits per heavy atom. The number of nitrogens with zero attached hydrogens (tertiary/aromatic N) is 4. The van der Waals surface area contributed by atoms with Gasteiger partial charge in [0.2, 0.25) is 0 Å². The number of methoxy groups -OCH3 is 1. The number of rotatable bonds is 7. The molecule has 1 atom stereocenters. The van der Waals surface area contributed by atoms with Crippen molar-refractivity contribution in [3.8, 4) is 11.4 Å². The number of thiazole rings is 1. The van der Waals surface area contributed by atoms with Gasteiger partial charge in [-0.2, -0.15) is 0 Å². The van der Waals surface area contributed by atoms with E-state index >= 15 is 0 Å². The number of ether oxygens (including phenoxy) is 1. The van der Waals surface area contributed by atoms with Crippen molar-refractivity contribution in [3.05, 3.63) is 111 Å². The molecule has 0 radical (unpaired) electrons. The highest BCUT2D eigenvalue weighted by molar-refractivity contribution is 14.1. The van der Waals surface area contributed by atoms with E-state index in [1.54, 1.807) is 16.6 Å². The number of carbonyl (C=O) groups excluding carboxylic acids is 1. The zero-order valence-corrected chi connectivity index (χ0v) is 28.0. The van der Waals surface area contributed by atoms with E-state index in [9.17, 15) is 9.59 Å². The highest BCUT2D eigenvalue weighted by atomic mass is 127. The average Bonchev–Trinajstić information content (AvgIpc) is 3.43. The fourth-order valence-electron chi connectivity index (χ4n) is 5.66. The van der Waals surface area contributed by atoms with Crippen LogP contribution in [0.25, 0.3) is 11.8 Å². The van der Waals surface area contributed by atoms with Gasteiger partial charge in [-0.1, -0.05) is 35.6 Å². The van der Waals surface area contributed by atoms with E-state index in [1.165, 1.54) is 20.5 Å². The maximum Gasteiger partial charge on any atom is 0.271 e. The van der Waals surface area contributed by atoms with Crippen molar-refractivity contribution in [3.63, 3.8) is 0 Å². The maximum absolute atomic E-state index is 14.2. The Balaban J connectivity index is 1.72. The highest BCUT2D eigenvalue weighted by Gasteiger charge is 2.35. The van der Waals surface area contributed by atoms with Crippen LogP contribution in [0.15, 0.2) is 69.6 Å². The molecule has 0 spiro atoms. The molecule has 0 N–H and O–H groups in total. The molecule has 0 bridgehead atoms. The molecule has 0 aliphatic carbocycles. The number of para-hydroxylation sites is 1. The largest absolute Gasteiger partial charge is 0.496 e. The first-order valence-corrected chi connectivity index (χ1v) is 15.9. The smallest absolute Gasteiger partial charge is 0.271 e. The van der Waals surface area contributed by atoms with Crippen LogP contribution >= 0.6 is 33.9 Å². The second-order valence-electron chi connectivity index (χ2n) is 10.4. The molecule has 1 aliphatic rings. The quantitative estimate of drug-likeness (QED) is 0.243. The first-order chi connectivity index (χ1) is 20.1. The molecule has 1 amide bonds. The van der Waals surface area contributed by atoms with Crippen LogP contribution in [0.3, 0.4) is 0 Å². The first kappa shape index (κ1) is 30.0. The summed E-state index contributed by atoms with van der Waals surface area (Å²) in [6.07, 6.45) is 1.95. The van der Waals surface area contributed by atoms with E-state index in [2.05, 4.69) is 72.2 Å². The van der Waals surface area contributed by atoms with Crippen molar-refractivity contribution >= 4 is 45.9 Å². The minimum atomic E-state index is -0.658. The highest BCUT2D eigenvalue weighted by Crippen LogP contribution is 2.36. The van der Waals surface area contributed by atoms with Crippen LogP contribution in [0.5, 0.6) is 5.75 Å². The number of fused-ring (bicyclic) bond motifs is 1. The number of allylic oxidation sites excluding steroid dienone is 1. The summed E-state index contributed by atoms with van der Waals surface area (Å²) in [6.45, 7) is 13.1. The van der Waals surface area contributed by atoms with Crippen molar-refractivity contribution in [1.82, 2.24) is 14.0 Å². The van der Waals surface area contributed by atoms with Gasteiger partial charge in [0.05, 0.1) is 22.9 Å². The van der Waals surface area contributed by atoms with Crippen LogP contribution in [-0.2, 0) is 4.79 Å². The molecule has 7 nitrogen and oxygen atoms in total. The molecule has 4 aromatic rings. The van der Waals surface area contributed by atoms with Gasteiger partial charge in [0.25, 0.3) is 11.5 Å². The second kappa shape index (κ2) is 12.0. The molecule has 0 fully saturated rings. The molecule has 9 heteroatoms. The van der Waals surface area contributed by atoms with E-state index in [1.807, 2.05) is 51.1 Å². The van der Waals surface area contributed by atoms with Crippen molar-refractivity contribution < 1.29 is 9.53 Å². The molecule has 42 heavy (non-hydrogen) atoms. The summed E-state index contributed by atoms with van der Waals surface area (Å²) in [6, 6.07) is 15.5. The van der Waals surface area contributed by atoms with Gasteiger partial charge in [-0.3, -0.25) is 14.2 Å². The van der Waals surface area contributed by atoms with Crippen LogP contribution in [0, 0.1) is 24.3 Å². The lowest BCUT2D eigenvalue weighted by Crippen LogP contribution is -2.43. The lowest BCUT2D eigenvalue weighted by atomic mass is 9.94. The predicted molar refractivity (Wildman–Crippen MR) is 177 cm³/mol. The molecule has 2 aromatic carbocycles. The molecule has 1 aliphatic heterocycles. The Labute approximate surface area is 263 Å². The molecule has 0 saturated carbocycles. The number of benzene rings is 2. The summed E-state index contributed by atoms with van der Waals surface area (Å²) in [7, 11) is 1.61. The van der Waals surface area contributed by atoms with E-state index in [-0.39, 0.29) is 11.5 Å². The maximum atomic E-state index is 14.2. The van der Waals surface area contributed by atoms with Crippen molar-refractivity contribution in [2.75, 3.05) is 20.2 Å². The molecular formula is C33H35IN4O3S. The number of hydrogen-bond acceptors (Lipinski definition) is 5. The van der Waals surface area contributed by atoms with Gasteiger partial charge in [0.1, 0.15) is 11.8 Å². The third-order valence-corrected chi connectivity index (χ3v) is 10.1. The molecule has 218 valence electrons. The molecule has 2 aromatic heterocycles.